The van der Waals surface area contributed by atoms with Crippen LogP contribution in [-0.2, 0) is 13.9 Å². The van der Waals surface area contributed by atoms with E-state index in [1.807, 2.05) is 42.5 Å². The smallest absolute Gasteiger partial charge is 0.261 e. The molecule has 0 aliphatic carbocycles. The number of aromatic nitrogens is 4. The molecule has 6 rings (SSSR count). The lowest BCUT2D eigenvalue weighted by atomic mass is 10.1. The van der Waals surface area contributed by atoms with Crippen molar-refractivity contribution in [2.75, 3.05) is 19.0 Å². The topological polar surface area (TPSA) is 149 Å². The fourth-order valence-corrected chi connectivity index (χ4v) is 11.1. The molecule has 3 aromatic carbocycles. The Kier molecular flexibility index (Phi) is 9.16. The van der Waals surface area contributed by atoms with Gasteiger partial charge in [0, 0.05) is 17.6 Å². The summed E-state index contributed by atoms with van der Waals surface area (Å²) in [5, 5.41) is 8.62. The minimum absolute atomic E-state index is 0.0235. The lowest BCUT2D eigenvalue weighted by Crippen LogP contribution is -2.69. The third kappa shape index (κ3) is 6.02. The average molecular weight is 649 g/mol. The number of fused-ring (bicyclic) bond motifs is 1. The number of nitrogens with zero attached hydrogens (tertiary/aromatic N) is 7. The van der Waals surface area contributed by atoms with Crippen LogP contribution >= 0.6 is 0 Å². The Morgan fingerprint density at radius 1 is 0.957 bits per heavy atom. The first-order chi connectivity index (χ1) is 22.8. The highest BCUT2D eigenvalue weighted by Crippen LogP contribution is 2.43. The van der Waals surface area contributed by atoms with Crippen molar-refractivity contribution in [3.05, 3.63) is 120 Å². The van der Waals surface area contributed by atoms with Crippen molar-refractivity contribution >= 4 is 41.6 Å². The van der Waals surface area contributed by atoms with Crippen LogP contribution in [0.15, 0.2) is 109 Å². The van der Waals surface area contributed by atoms with E-state index in [2.05, 4.69) is 75.3 Å². The lowest BCUT2D eigenvalue weighted by molar-refractivity contribution is -0.0476. The van der Waals surface area contributed by atoms with Gasteiger partial charge in [-0.05, 0) is 33.1 Å². The van der Waals surface area contributed by atoms with Gasteiger partial charge in [-0.15, -0.1) is 0 Å². The first-order valence-electron chi connectivity index (χ1n) is 15.3. The predicted octanol–water partition coefficient (Wildman–Crippen LogP) is 5.25. The van der Waals surface area contributed by atoms with Crippen LogP contribution in [0, 0.1) is 0 Å². The van der Waals surface area contributed by atoms with Crippen molar-refractivity contribution in [3.63, 3.8) is 0 Å². The second kappa shape index (κ2) is 13.4. The van der Waals surface area contributed by atoms with Gasteiger partial charge in [0.05, 0.1) is 19.0 Å². The number of hydrogen-bond donors (Lipinski definition) is 1. The molecule has 4 atom stereocenters. The Labute approximate surface area is 273 Å². The van der Waals surface area contributed by atoms with Crippen molar-refractivity contribution in [1.82, 2.24) is 19.5 Å². The largest absolute Gasteiger partial charge is 0.399 e. The number of nitrogens with one attached hydrogen (secondary N) is 1. The van der Waals surface area contributed by atoms with Gasteiger partial charge in [0.15, 0.2) is 23.2 Å². The molecule has 0 spiro atoms. The zero-order valence-electron chi connectivity index (χ0n) is 26.6. The fraction of sp³-hybridized carbons (Fsp3) is 0.294. The van der Waals surface area contributed by atoms with E-state index in [0.29, 0.717) is 16.7 Å². The van der Waals surface area contributed by atoms with Crippen LogP contribution in [0.2, 0.25) is 5.04 Å². The lowest BCUT2D eigenvalue weighted by Gasteiger charge is -2.45. The summed E-state index contributed by atoms with van der Waals surface area (Å²) in [5.41, 5.74) is 10.6. The molecule has 240 valence electrons. The second-order valence-electron chi connectivity index (χ2n) is 12.3. The van der Waals surface area contributed by atoms with Gasteiger partial charge in [-0.1, -0.05) is 105 Å². The molecular weight excluding hydrogens is 613 g/mol. The summed E-state index contributed by atoms with van der Waals surface area (Å²) in [6.07, 6.45) is 0.262. The molecule has 5 aromatic rings. The molecule has 0 saturated carbocycles. The Morgan fingerprint density at radius 3 is 2.15 bits per heavy atom. The standard InChI is InChI=1S/C34H36N8O4Si/c1-34(2,3)47(24-16-10-6-11-17-24,25-18-12-7-13-19-25)46-28-26(20-39-41-35)45-33(29(28)44-4)42-22-38-27-30(36-21-37-31(27)42)40-32(43)23-14-8-5-9-15-23/h5-19,21-22,26,28-29,33H,20H2,1-4H3,(H,36,37,40,43)/t26-,28?,29?,33-/m1/s1. The van der Waals surface area contributed by atoms with E-state index in [4.69, 9.17) is 13.9 Å². The minimum Gasteiger partial charge on any atom is -0.399 e. The number of hydrogen-bond acceptors (Lipinski definition) is 8. The molecule has 2 aromatic heterocycles. The fourth-order valence-electron chi connectivity index (χ4n) is 6.38. The van der Waals surface area contributed by atoms with Gasteiger partial charge >= 0.3 is 0 Å². The molecule has 1 aliphatic heterocycles. The number of imidazole rings is 1. The number of methoxy groups -OCH3 is 1. The Bertz CT molecular complexity index is 1840. The molecular formula is C34H36N8O4Si. The van der Waals surface area contributed by atoms with Crippen LogP contribution in [-0.4, -0.2) is 65.7 Å². The molecule has 1 fully saturated rings. The number of carbonyl (C=O) groups excluding carboxylic acids is 1. The molecule has 1 aliphatic rings. The number of ether oxygens (including phenoxy) is 2. The number of carbonyl (C=O) groups is 1. The van der Waals surface area contributed by atoms with E-state index in [1.54, 1.807) is 42.3 Å². The first kappa shape index (κ1) is 32.0. The normalized spacial score (nSPS) is 19.7. The average Bonchev–Trinajstić information content (AvgIpc) is 3.68. The summed E-state index contributed by atoms with van der Waals surface area (Å²) in [5.74, 6) is -0.0551. The van der Waals surface area contributed by atoms with Gasteiger partial charge in [0.2, 0.25) is 0 Å². The van der Waals surface area contributed by atoms with E-state index < -0.39 is 32.9 Å². The van der Waals surface area contributed by atoms with Crippen LogP contribution in [0.3, 0.4) is 0 Å². The highest BCUT2D eigenvalue weighted by Gasteiger charge is 2.56. The van der Waals surface area contributed by atoms with Gasteiger partial charge in [-0.2, -0.15) is 0 Å². The molecule has 0 radical (unpaired) electrons. The SMILES string of the molecule is COC1C(O[Si](c2ccccc2)(c2ccccc2)C(C)(C)C)[C@@H](CN=[N+]=[N-])O[C@H]1n1cnc2c(NC(=O)c3ccccc3)ncnc21. The van der Waals surface area contributed by atoms with E-state index in [9.17, 15) is 10.3 Å². The van der Waals surface area contributed by atoms with Gasteiger partial charge in [0.1, 0.15) is 18.5 Å². The molecule has 12 nitrogen and oxygen atoms in total. The van der Waals surface area contributed by atoms with E-state index in [-0.39, 0.29) is 23.3 Å². The Balaban J connectivity index is 1.42. The van der Waals surface area contributed by atoms with Gasteiger partial charge in [0.25, 0.3) is 14.2 Å². The van der Waals surface area contributed by atoms with Gasteiger partial charge < -0.3 is 19.2 Å². The van der Waals surface area contributed by atoms with Crippen LogP contribution in [0.4, 0.5) is 5.82 Å². The number of azide groups is 1. The number of amides is 1. The molecule has 3 heterocycles. The summed E-state index contributed by atoms with van der Waals surface area (Å²) >= 11 is 0. The van der Waals surface area contributed by atoms with E-state index in [1.165, 1.54) is 6.33 Å². The summed E-state index contributed by atoms with van der Waals surface area (Å²) in [4.78, 5) is 29.4. The van der Waals surface area contributed by atoms with Crippen molar-refractivity contribution in [2.24, 2.45) is 5.11 Å². The maximum Gasteiger partial charge on any atom is 0.261 e. The molecule has 13 heteroatoms. The Morgan fingerprint density at radius 2 is 1.57 bits per heavy atom. The third-order valence-electron chi connectivity index (χ3n) is 8.51. The number of anilines is 1. The zero-order valence-corrected chi connectivity index (χ0v) is 27.6. The molecule has 47 heavy (non-hydrogen) atoms. The monoisotopic (exact) mass is 648 g/mol. The summed E-state index contributed by atoms with van der Waals surface area (Å²) in [7, 11) is -1.46. The maximum atomic E-state index is 13.0. The third-order valence-corrected chi connectivity index (χ3v) is 13.5. The second-order valence-corrected chi connectivity index (χ2v) is 16.5. The highest BCUT2D eigenvalue weighted by atomic mass is 28.4. The van der Waals surface area contributed by atoms with Crippen molar-refractivity contribution < 1.29 is 18.7 Å². The van der Waals surface area contributed by atoms with Crippen molar-refractivity contribution in [1.29, 1.82) is 0 Å². The highest BCUT2D eigenvalue weighted by molar-refractivity contribution is 6.99. The molecule has 1 amide bonds. The van der Waals surface area contributed by atoms with E-state index in [0.717, 1.165) is 10.4 Å². The minimum atomic E-state index is -3.07. The number of rotatable bonds is 10. The van der Waals surface area contributed by atoms with Crippen molar-refractivity contribution in [3.8, 4) is 0 Å². The summed E-state index contributed by atoms with van der Waals surface area (Å²) in [6.45, 7) is 6.61. The first-order valence-corrected chi connectivity index (χ1v) is 17.2. The van der Waals surface area contributed by atoms with Gasteiger partial charge in [-0.3, -0.25) is 9.36 Å². The molecule has 1 N–H and O–H groups in total. The van der Waals surface area contributed by atoms with E-state index >= 15 is 0 Å². The summed E-state index contributed by atoms with van der Waals surface area (Å²) in [6, 6.07) is 29.4. The van der Waals surface area contributed by atoms with Crippen LogP contribution in [0.25, 0.3) is 21.6 Å². The Hall–Kier alpha value is -4.91. The molecule has 0 bridgehead atoms. The van der Waals surface area contributed by atoms with Crippen LogP contribution in [0.5, 0.6) is 0 Å². The summed E-state index contributed by atoms with van der Waals surface area (Å²) < 4.78 is 22.1. The van der Waals surface area contributed by atoms with Crippen LogP contribution in [0.1, 0.15) is 37.4 Å². The molecule has 2 unspecified atom stereocenters. The predicted molar refractivity (Wildman–Crippen MR) is 181 cm³/mol. The van der Waals surface area contributed by atoms with Crippen LogP contribution < -0.4 is 15.7 Å². The van der Waals surface area contributed by atoms with Gasteiger partial charge in [-0.25, -0.2) is 15.0 Å². The zero-order chi connectivity index (χ0) is 33.0. The quantitative estimate of drug-likeness (QED) is 0.0941. The number of benzene rings is 3. The molecule has 1 saturated heterocycles. The maximum absolute atomic E-state index is 13.0. The van der Waals surface area contributed by atoms with Crippen molar-refractivity contribution in [2.45, 2.75) is 50.3 Å².